The minimum Gasteiger partial charge on any atom is -0.321 e. The molecule has 1 rings (SSSR count). The van der Waals surface area contributed by atoms with Crippen molar-refractivity contribution in [3.05, 3.63) is 28.8 Å². The van der Waals surface area contributed by atoms with Crippen LogP contribution in [0.5, 0.6) is 0 Å². The minimum atomic E-state index is -4.00. The van der Waals surface area contributed by atoms with Crippen molar-refractivity contribution in [2.75, 3.05) is 18.7 Å². The fourth-order valence-electron chi connectivity index (χ4n) is 2.21. The molecule has 4 nitrogen and oxygen atoms in total. The van der Waals surface area contributed by atoms with Crippen LogP contribution in [-0.2, 0) is 18.9 Å². The van der Waals surface area contributed by atoms with E-state index < -0.39 is 17.3 Å². The van der Waals surface area contributed by atoms with E-state index >= 15 is 0 Å². The Morgan fingerprint density at radius 2 is 1.76 bits per heavy atom. The quantitative estimate of drug-likeness (QED) is 0.510. The normalized spacial score (nSPS) is 12.6. The Kier molecular flexibility index (Phi) is 6.92. The average molecular weight is 353 g/mol. The lowest BCUT2D eigenvalue weighted by Gasteiger charge is -2.17. The first kappa shape index (κ1) is 18.7. The molecule has 0 aliphatic carbocycles. The van der Waals surface area contributed by atoms with Crippen molar-refractivity contribution >= 4 is 28.9 Å². The van der Waals surface area contributed by atoms with Gasteiger partial charge in [-0.15, -0.1) is 0 Å². The van der Waals surface area contributed by atoms with Gasteiger partial charge in [0, 0.05) is 12.3 Å². The van der Waals surface area contributed by atoms with Crippen molar-refractivity contribution < 1.29 is 17.2 Å². The summed E-state index contributed by atoms with van der Waals surface area (Å²) in [5.74, 6) is 0. The lowest BCUT2D eigenvalue weighted by molar-refractivity contribution is 0.367. The van der Waals surface area contributed by atoms with Gasteiger partial charge in [0.1, 0.15) is 18.4 Å². The molecule has 0 spiro atoms. The zero-order valence-corrected chi connectivity index (χ0v) is 15.1. The summed E-state index contributed by atoms with van der Waals surface area (Å²) in [5, 5.41) is 0.121. The van der Waals surface area contributed by atoms with Gasteiger partial charge in [-0.1, -0.05) is 37.6 Å². The Balaban J connectivity index is 2.98. The van der Waals surface area contributed by atoms with Crippen LogP contribution in [-0.4, -0.2) is 27.1 Å². The summed E-state index contributed by atoms with van der Waals surface area (Å²) >= 11 is 5.96. The summed E-state index contributed by atoms with van der Waals surface area (Å²) in [6, 6.07) is 4.83. The molecular weight excluding hydrogens is 331 g/mol. The second-order valence-electron chi connectivity index (χ2n) is 5.09. The molecular formula is C14H22ClO4PS. The van der Waals surface area contributed by atoms with Crippen LogP contribution < -0.4 is 0 Å². The maximum absolute atomic E-state index is 12.6. The Hall–Kier alpha value is -0.350. The predicted octanol–water partition coefficient (Wildman–Crippen LogP) is 4.49. The maximum Gasteiger partial charge on any atom is 0.299 e. The molecule has 0 radical (unpaired) electrons. The second-order valence-corrected chi connectivity index (χ2v) is 10.3. The third-order valence-electron chi connectivity index (χ3n) is 3.12. The Morgan fingerprint density at radius 3 is 2.24 bits per heavy atom. The molecule has 0 N–H and O–H groups in total. The van der Waals surface area contributed by atoms with Crippen molar-refractivity contribution in [2.45, 2.75) is 38.5 Å². The highest BCUT2D eigenvalue weighted by Gasteiger charge is 2.27. The lowest BCUT2D eigenvalue weighted by Crippen LogP contribution is -2.12. The highest BCUT2D eigenvalue weighted by Crippen LogP contribution is 2.47. The van der Waals surface area contributed by atoms with Gasteiger partial charge in [0.2, 0.25) is 0 Å². The molecule has 0 fully saturated rings. The summed E-state index contributed by atoms with van der Waals surface area (Å²) in [4.78, 5) is -0.0359. The first-order valence-electron chi connectivity index (χ1n) is 6.97. The standard InChI is InChI=1S/C14H22ClO4PS/c1-4-9-20(16,10-5-2)11-19-21(17,18)14-12(3)7-6-8-13(14)15/h6-8H,4-5,9-11H2,1-3H3. The highest BCUT2D eigenvalue weighted by atomic mass is 35.5. The molecule has 0 aliphatic rings. The van der Waals surface area contributed by atoms with Crippen molar-refractivity contribution in [1.29, 1.82) is 0 Å². The lowest BCUT2D eigenvalue weighted by atomic mass is 10.2. The van der Waals surface area contributed by atoms with Gasteiger partial charge in [-0.25, -0.2) is 0 Å². The molecule has 7 heteroatoms. The predicted molar refractivity (Wildman–Crippen MR) is 87.2 cm³/mol. The van der Waals surface area contributed by atoms with Crippen LogP contribution in [0.2, 0.25) is 5.02 Å². The van der Waals surface area contributed by atoms with E-state index in [0.29, 0.717) is 17.9 Å². The molecule has 1 aromatic carbocycles. The fraction of sp³-hybridized carbons (Fsp3) is 0.571. The largest absolute Gasteiger partial charge is 0.321 e. The van der Waals surface area contributed by atoms with Gasteiger partial charge in [-0.3, -0.25) is 4.18 Å². The number of halogens is 1. The van der Waals surface area contributed by atoms with Crippen molar-refractivity contribution in [2.24, 2.45) is 0 Å². The van der Waals surface area contributed by atoms with Crippen LogP contribution in [0.1, 0.15) is 32.3 Å². The second kappa shape index (κ2) is 7.77. The van der Waals surface area contributed by atoms with E-state index in [-0.39, 0.29) is 16.3 Å². The number of aryl methyl sites for hydroxylation is 1. The van der Waals surface area contributed by atoms with Crippen LogP contribution >= 0.6 is 18.7 Å². The summed E-state index contributed by atoms with van der Waals surface area (Å²) in [6.07, 6.45) is 2.23. The number of rotatable bonds is 8. The van der Waals surface area contributed by atoms with E-state index in [1.165, 1.54) is 6.07 Å². The molecule has 0 unspecified atom stereocenters. The molecule has 0 amide bonds. The van der Waals surface area contributed by atoms with Crippen LogP contribution in [0, 0.1) is 6.92 Å². The maximum atomic E-state index is 12.6. The van der Waals surface area contributed by atoms with Crippen molar-refractivity contribution in [3.63, 3.8) is 0 Å². The molecule has 0 saturated carbocycles. The van der Waals surface area contributed by atoms with Gasteiger partial charge in [-0.2, -0.15) is 8.42 Å². The third-order valence-corrected chi connectivity index (χ3v) is 8.32. The summed E-state index contributed by atoms with van der Waals surface area (Å²) in [7, 11) is -6.61. The summed E-state index contributed by atoms with van der Waals surface area (Å²) < 4.78 is 42.3. The first-order valence-corrected chi connectivity index (χ1v) is 11.0. The minimum absolute atomic E-state index is 0.0359. The van der Waals surface area contributed by atoms with Crippen LogP contribution in [0.3, 0.4) is 0 Å². The fourth-order valence-corrected chi connectivity index (χ4v) is 7.04. The van der Waals surface area contributed by atoms with E-state index in [1.54, 1.807) is 19.1 Å². The zero-order valence-electron chi connectivity index (χ0n) is 12.6. The molecule has 0 atom stereocenters. The number of hydrogen-bond acceptors (Lipinski definition) is 4. The monoisotopic (exact) mass is 352 g/mol. The average Bonchev–Trinajstić information content (AvgIpc) is 2.37. The molecule has 0 saturated heterocycles. The van der Waals surface area contributed by atoms with E-state index in [1.807, 2.05) is 13.8 Å². The molecule has 0 bridgehead atoms. The third kappa shape index (κ3) is 5.10. The van der Waals surface area contributed by atoms with E-state index in [4.69, 9.17) is 15.8 Å². The van der Waals surface area contributed by atoms with Gasteiger partial charge in [0.05, 0.1) is 5.02 Å². The topological polar surface area (TPSA) is 60.4 Å². The van der Waals surface area contributed by atoms with Gasteiger partial charge in [0.25, 0.3) is 10.1 Å². The SMILES string of the molecule is CCCP(=O)(CCC)COS(=O)(=O)c1c(C)cccc1Cl. The van der Waals surface area contributed by atoms with Gasteiger partial charge in [-0.05, 0) is 31.4 Å². The Bertz CT molecular complexity index is 598. The number of benzene rings is 1. The van der Waals surface area contributed by atoms with E-state index in [9.17, 15) is 13.0 Å². The smallest absolute Gasteiger partial charge is 0.299 e. The van der Waals surface area contributed by atoms with Crippen molar-refractivity contribution in [3.8, 4) is 0 Å². The summed E-state index contributed by atoms with van der Waals surface area (Å²) in [5.41, 5.74) is 0.517. The highest BCUT2D eigenvalue weighted by molar-refractivity contribution is 7.87. The number of hydrogen-bond donors (Lipinski definition) is 0. The van der Waals surface area contributed by atoms with Crippen LogP contribution in [0.15, 0.2) is 23.1 Å². The van der Waals surface area contributed by atoms with Crippen LogP contribution in [0.25, 0.3) is 0 Å². The Labute approximate surface area is 132 Å². The van der Waals surface area contributed by atoms with Gasteiger partial charge < -0.3 is 4.57 Å². The molecule has 1 aromatic rings. The molecule has 0 aliphatic heterocycles. The molecule has 21 heavy (non-hydrogen) atoms. The van der Waals surface area contributed by atoms with E-state index in [0.717, 1.165) is 12.8 Å². The van der Waals surface area contributed by atoms with Crippen molar-refractivity contribution in [1.82, 2.24) is 0 Å². The molecule has 0 heterocycles. The van der Waals surface area contributed by atoms with E-state index in [2.05, 4.69) is 0 Å². The first-order chi connectivity index (χ1) is 9.75. The zero-order chi connectivity index (χ0) is 16.1. The summed E-state index contributed by atoms with van der Waals surface area (Å²) in [6.45, 7) is 5.50. The molecule has 120 valence electrons. The molecule has 0 aromatic heterocycles. The Morgan fingerprint density at radius 1 is 1.19 bits per heavy atom. The van der Waals surface area contributed by atoms with Gasteiger partial charge >= 0.3 is 0 Å². The van der Waals surface area contributed by atoms with Gasteiger partial charge in [0.15, 0.2) is 0 Å². The van der Waals surface area contributed by atoms with Crippen LogP contribution in [0.4, 0.5) is 0 Å².